The van der Waals surface area contributed by atoms with Gasteiger partial charge in [0.2, 0.25) is 0 Å². The summed E-state index contributed by atoms with van der Waals surface area (Å²) in [6, 6.07) is 6.15. The van der Waals surface area contributed by atoms with E-state index in [1.807, 2.05) is 25.3 Å². The van der Waals surface area contributed by atoms with Crippen LogP contribution in [0.15, 0.2) is 24.3 Å². The summed E-state index contributed by atoms with van der Waals surface area (Å²) in [7, 11) is 0. The highest BCUT2D eigenvalue weighted by atomic mass is 19.1. The summed E-state index contributed by atoms with van der Waals surface area (Å²) in [5.74, 6) is -1.47. The molecular formula is C19H23FN2O3. The molecule has 1 atom stereocenters. The Morgan fingerprint density at radius 1 is 1.24 bits per heavy atom. The number of carbonyl (C=O) groups is 2. The molecule has 0 aliphatic carbocycles. The summed E-state index contributed by atoms with van der Waals surface area (Å²) in [4.78, 5) is 24.5. The topological polar surface area (TPSA) is 60.3 Å². The van der Waals surface area contributed by atoms with E-state index in [-0.39, 0.29) is 0 Å². The highest BCUT2D eigenvalue weighted by molar-refractivity contribution is 5.97. The van der Waals surface area contributed by atoms with Crippen molar-refractivity contribution in [3.63, 3.8) is 0 Å². The van der Waals surface area contributed by atoms with Gasteiger partial charge in [0, 0.05) is 23.6 Å². The molecule has 0 spiro atoms. The number of aromatic nitrogens is 1. The Labute approximate surface area is 146 Å². The van der Waals surface area contributed by atoms with Crippen LogP contribution in [-0.4, -0.2) is 22.5 Å². The lowest BCUT2D eigenvalue weighted by atomic mass is 10.2. The first-order valence-corrected chi connectivity index (χ1v) is 8.19. The van der Waals surface area contributed by atoms with Crippen LogP contribution in [0.4, 0.5) is 10.1 Å². The van der Waals surface area contributed by atoms with E-state index in [1.54, 1.807) is 25.1 Å². The van der Waals surface area contributed by atoms with Crippen LogP contribution < -0.4 is 5.32 Å². The fourth-order valence-corrected chi connectivity index (χ4v) is 2.69. The minimum Gasteiger partial charge on any atom is -0.449 e. The molecule has 0 aliphatic rings. The second kappa shape index (κ2) is 7.51. The average molecular weight is 346 g/mol. The molecule has 25 heavy (non-hydrogen) atoms. The number of aryl methyl sites for hydroxylation is 2. The van der Waals surface area contributed by atoms with Crippen LogP contribution in [0.25, 0.3) is 0 Å². The number of benzene rings is 1. The SMILES string of the molecule is CCn1c(C)cc(C(=O)O[C@@H](C)C(=O)Nc2ccc(C)c(F)c2)c1C. The lowest BCUT2D eigenvalue weighted by Gasteiger charge is -2.14. The molecule has 2 aromatic rings. The van der Waals surface area contributed by atoms with Crippen LogP contribution in [0.5, 0.6) is 0 Å². The van der Waals surface area contributed by atoms with Gasteiger partial charge in [-0.2, -0.15) is 0 Å². The Hall–Kier alpha value is -2.63. The van der Waals surface area contributed by atoms with Gasteiger partial charge in [-0.15, -0.1) is 0 Å². The van der Waals surface area contributed by atoms with E-state index < -0.39 is 23.8 Å². The number of carbonyl (C=O) groups excluding carboxylic acids is 2. The van der Waals surface area contributed by atoms with Crippen molar-refractivity contribution in [3.05, 3.63) is 52.6 Å². The molecule has 0 fully saturated rings. The Morgan fingerprint density at radius 2 is 1.92 bits per heavy atom. The molecule has 1 amide bonds. The molecule has 0 saturated carbocycles. The second-order valence-electron chi connectivity index (χ2n) is 6.03. The normalized spacial score (nSPS) is 11.9. The van der Waals surface area contributed by atoms with Gasteiger partial charge in [0.05, 0.1) is 5.56 Å². The van der Waals surface area contributed by atoms with Crippen molar-refractivity contribution in [2.75, 3.05) is 5.32 Å². The molecule has 0 unspecified atom stereocenters. The maximum atomic E-state index is 13.5. The summed E-state index contributed by atoms with van der Waals surface area (Å²) in [5.41, 5.74) is 3.02. The molecule has 0 aliphatic heterocycles. The largest absolute Gasteiger partial charge is 0.449 e. The van der Waals surface area contributed by atoms with Gasteiger partial charge in [-0.05, 0) is 58.4 Å². The molecule has 134 valence electrons. The van der Waals surface area contributed by atoms with Gasteiger partial charge in [-0.25, -0.2) is 9.18 Å². The van der Waals surface area contributed by atoms with Gasteiger partial charge in [0.25, 0.3) is 5.91 Å². The molecular weight excluding hydrogens is 323 g/mol. The van der Waals surface area contributed by atoms with E-state index in [0.717, 1.165) is 17.9 Å². The summed E-state index contributed by atoms with van der Waals surface area (Å²) in [6.45, 7) is 9.61. The first kappa shape index (κ1) is 18.7. The molecule has 1 aromatic carbocycles. The molecule has 1 N–H and O–H groups in total. The van der Waals surface area contributed by atoms with E-state index in [2.05, 4.69) is 5.32 Å². The van der Waals surface area contributed by atoms with Crippen molar-refractivity contribution in [3.8, 4) is 0 Å². The quantitative estimate of drug-likeness (QED) is 0.839. The van der Waals surface area contributed by atoms with Crippen LogP contribution in [0.2, 0.25) is 0 Å². The van der Waals surface area contributed by atoms with Crippen molar-refractivity contribution < 1.29 is 18.7 Å². The number of nitrogens with one attached hydrogen (secondary N) is 1. The van der Waals surface area contributed by atoms with Crippen LogP contribution in [0.1, 0.15) is 41.2 Å². The summed E-state index contributed by atoms with van der Waals surface area (Å²) >= 11 is 0. The summed E-state index contributed by atoms with van der Waals surface area (Å²) in [6.07, 6.45) is -0.999. The van der Waals surface area contributed by atoms with Crippen molar-refractivity contribution in [1.29, 1.82) is 0 Å². The Balaban J connectivity index is 2.05. The molecule has 1 heterocycles. The van der Waals surface area contributed by atoms with Gasteiger partial charge in [0.1, 0.15) is 5.82 Å². The van der Waals surface area contributed by atoms with E-state index in [1.165, 1.54) is 13.0 Å². The standard InChI is InChI=1S/C19H23FN2O3/c1-6-22-12(3)9-16(13(22)4)19(24)25-14(5)18(23)21-15-8-7-11(2)17(20)10-15/h7-10,14H,6H2,1-5H3,(H,21,23)/t14-/m0/s1. The molecule has 0 radical (unpaired) electrons. The van der Waals surface area contributed by atoms with E-state index in [4.69, 9.17) is 4.74 Å². The average Bonchev–Trinajstić information content (AvgIpc) is 2.84. The van der Waals surface area contributed by atoms with Gasteiger partial charge in [-0.3, -0.25) is 4.79 Å². The first-order valence-electron chi connectivity index (χ1n) is 8.19. The smallest absolute Gasteiger partial charge is 0.340 e. The third-order valence-electron chi connectivity index (χ3n) is 4.20. The third-order valence-corrected chi connectivity index (χ3v) is 4.20. The van der Waals surface area contributed by atoms with Crippen LogP contribution in [0.3, 0.4) is 0 Å². The Bertz CT molecular complexity index is 811. The van der Waals surface area contributed by atoms with Crippen LogP contribution >= 0.6 is 0 Å². The minimum atomic E-state index is -0.999. The predicted octanol–water partition coefficient (Wildman–Crippen LogP) is 3.76. The molecule has 5 nitrogen and oxygen atoms in total. The minimum absolute atomic E-state index is 0.320. The lowest BCUT2D eigenvalue weighted by Crippen LogP contribution is -2.30. The lowest BCUT2D eigenvalue weighted by molar-refractivity contribution is -0.123. The van der Waals surface area contributed by atoms with Gasteiger partial charge in [-0.1, -0.05) is 6.07 Å². The Kier molecular flexibility index (Phi) is 5.62. The van der Waals surface area contributed by atoms with Gasteiger partial charge in [0.15, 0.2) is 6.10 Å². The molecule has 0 bridgehead atoms. The van der Waals surface area contributed by atoms with Crippen LogP contribution in [0, 0.1) is 26.6 Å². The van der Waals surface area contributed by atoms with Crippen molar-refractivity contribution >= 4 is 17.6 Å². The Morgan fingerprint density at radius 3 is 2.48 bits per heavy atom. The summed E-state index contributed by atoms with van der Waals surface area (Å²) in [5, 5.41) is 2.55. The van der Waals surface area contributed by atoms with Crippen molar-refractivity contribution in [1.82, 2.24) is 4.57 Å². The molecule has 2 rings (SSSR count). The maximum Gasteiger partial charge on any atom is 0.340 e. The predicted molar refractivity (Wildman–Crippen MR) is 94.2 cm³/mol. The van der Waals surface area contributed by atoms with Gasteiger partial charge >= 0.3 is 5.97 Å². The van der Waals surface area contributed by atoms with Crippen molar-refractivity contribution in [2.45, 2.75) is 47.3 Å². The number of rotatable bonds is 5. The molecule has 6 heteroatoms. The third kappa shape index (κ3) is 4.07. The highest BCUT2D eigenvalue weighted by Gasteiger charge is 2.22. The number of hydrogen-bond donors (Lipinski definition) is 1. The molecule has 1 aromatic heterocycles. The van der Waals surface area contributed by atoms with Gasteiger partial charge < -0.3 is 14.6 Å². The second-order valence-corrected chi connectivity index (χ2v) is 6.03. The zero-order valence-electron chi connectivity index (χ0n) is 15.1. The zero-order chi connectivity index (χ0) is 18.7. The first-order chi connectivity index (χ1) is 11.7. The van der Waals surface area contributed by atoms with E-state index >= 15 is 0 Å². The van der Waals surface area contributed by atoms with E-state index in [0.29, 0.717) is 16.8 Å². The van der Waals surface area contributed by atoms with Crippen molar-refractivity contribution in [2.24, 2.45) is 0 Å². The zero-order valence-corrected chi connectivity index (χ0v) is 15.1. The number of nitrogens with zero attached hydrogens (tertiary/aromatic N) is 1. The number of hydrogen-bond acceptors (Lipinski definition) is 3. The monoisotopic (exact) mass is 346 g/mol. The number of esters is 1. The number of halogens is 1. The fraction of sp³-hybridized carbons (Fsp3) is 0.368. The fourth-order valence-electron chi connectivity index (χ4n) is 2.69. The molecule has 0 saturated heterocycles. The highest BCUT2D eigenvalue weighted by Crippen LogP contribution is 2.18. The number of amides is 1. The summed E-state index contributed by atoms with van der Waals surface area (Å²) < 4.78 is 20.8. The van der Waals surface area contributed by atoms with Crippen LogP contribution in [-0.2, 0) is 16.1 Å². The maximum absolute atomic E-state index is 13.5. The number of anilines is 1. The number of ether oxygens (including phenoxy) is 1. The van der Waals surface area contributed by atoms with E-state index in [9.17, 15) is 14.0 Å².